The first-order valence-electron chi connectivity index (χ1n) is 18.6. The third kappa shape index (κ3) is 6.31. The summed E-state index contributed by atoms with van der Waals surface area (Å²) in [7, 11) is 0. The maximum absolute atomic E-state index is 5.10. The van der Waals surface area contributed by atoms with Gasteiger partial charge in [-0.25, -0.2) is 15.0 Å². The number of pyridine rings is 4. The Kier molecular flexibility index (Phi) is 8.87. The quantitative estimate of drug-likeness (QED) is 0.0897. The van der Waals surface area contributed by atoms with E-state index in [1.165, 1.54) is 16.7 Å². The fourth-order valence-electron chi connectivity index (χ4n) is 7.64. The van der Waals surface area contributed by atoms with Gasteiger partial charge in [0.05, 0.1) is 22.1 Å². The molecular weight excluding hydrogens is 801 g/mol. The molecule has 7 nitrogen and oxygen atoms in total. The number of aromatic nitrogens is 7. The number of halogens is 1. The van der Waals surface area contributed by atoms with Crippen LogP contribution in [0.3, 0.4) is 0 Å². The summed E-state index contributed by atoms with van der Waals surface area (Å²) in [4.78, 5) is 34.0. The van der Waals surface area contributed by atoms with Gasteiger partial charge in [0.1, 0.15) is 0 Å². The lowest BCUT2D eigenvalue weighted by atomic mass is 9.95. The van der Waals surface area contributed by atoms with E-state index in [0.717, 1.165) is 84.3 Å². The predicted octanol–water partition coefficient (Wildman–Crippen LogP) is 11.6. The third-order valence-corrected chi connectivity index (χ3v) is 11.1. The molecule has 0 fully saturated rings. The van der Waals surface area contributed by atoms with Crippen LogP contribution in [0.4, 0.5) is 0 Å². The third-order valence-electron chi connectivity index (χ3n) is 10.4. The predicted molar refractivity (Wildman–Crippen MR) is 236 cm³/mol. The summed E-state index contributed by atoms with van der Waals surface area (Å²) < 4.78 is 2.04. The second-order valence-electron chi connectivity index (χ2n) is 13.8. The molecule has 266 valence electrons. The van der Waals surface area contributed by atoms with Crippen LogP contribution >= 0.6 is 22.6 Å². The first kappa shape index (κ1) is 34.0. The summed E-state index contributed by atoms with van der Waals surface area (Å²) in [6.07, 6.45) is 18.8. The standard InChI is InChI=1S/C48H32IN7/c49-29-38(11-3-10-34-27-35-12-4-22-50-42(35)44-39(34)14-6-24-52-44)48-55-46(54-47(56-48)37-21-16-30-8-1-2-9-33(30)26-37)32-19-17-31(18-20-32)41-28-36-13-5-23-51-43(36)45-40(41)15-7-25-53-45/h1,3-8,11-29H,2,9-10H2/b11-3-,38-29+. The smallest absolute Gasteiger partial charge is 0.164 e. The van der Waals surface area contributed by atoms with Gasteiger partial charge in [0.25, 0.3) is 0 Å². The number of allylic oxidation sites excluding steroid dienone is 4. The highest BCUT2D eigenvalue weighted by Crippen LogP contribution is 2.35. The molecule has 5 aromatic heterocycles. The Hall–Kier alpha value is -6.52. The average molecular weight is 834 g/mol. The van der Waals surface area contributed by atoms with Gasteiger partial charge in [-0.05, 0) is 93.6 Å². The Balaban J connectivity index is 1.04. The molecule has 0 amide bonds. The Labute approximate surface area is 336 Å². The van der Waals surface area contributed by atoms with Crippen LogP contribution in [0.1, 0.15) is 28.9 Å². The maximum atomic E-state index is 5.10. The summed E-state index contributed by atoms with van der Waals surface area (Å²) >= 11 is 2.29. The fraction of sp³-hybridized carbons (Fsp3) is 0.0625. The summed E-state index contributed by atoms with van der Waals surface area (Å²) in [6.45, 7) is 0. The first-order valence-corrected chi connectivity index (χ1v) is 19.8. The molecule has 8 heteroatoms. The van der Waals surface area contributed by atoms with Crippen LogP contribution in [0.15, 0.2) is 150 Å². The van der Waals surface area contributed by atoms with E-state index in [-0.39, 0.29) is 0 Å². The highest BCUT2D eigenvalue weighted by Gasteiger charge is 2.16. The summed E-state index contributed by atoms with van der Waals surface area (Å²) in [5, 5.41) is 4.29. The van der Waals surface area contributed by atoms with Gasteiger partial charge in [0, 0.05) is 63.0 Å². The Morgan fingerprint density at radius 3 is 1.98 bits per heavy atom. The lowest BCUT2D eigenvalue weighted by Gasteiger charge is -2.13. The number of aryl methyl sites for hydroxylation is 1. The Morgan fingerprint density at radius 2 is 1.23 bits per heavy atom. The Bertz CT molecular complexity index is 3080. The van der Waals surface area contributed by atoms with Gasteiger partial charge in [-0.15, -0.1) is 0 Å². The molecular formula is C48H32IN7. The zero-order chi connectivity index (χ0) is 37.4. The SMILES string of the molecule is I/C=C(\C=C/Cc1cc2cccnc2c2ncccc12)c1nc(-c2ccc(-c3cc4cccnc4c4ncccc34)cc2)nc(-c2ccc3c(c2)CCC=C3)n1. The monoisotopic (exact) mass is 833 g/mol. The number of nitrogens with zero attached hydrogens (tertiary/aromatic N) is 7. The number of rotatable bonds is 7. The van der Waals surface area contributed by atoms with Gasteiger partial charge < -0.3 is 0 Å². The number of hydrogen-bond acceptors (Lipinski definition) is 7. The van der Waals surface area contributed by atoms with Crippen LogP contribution < -0.4 is 0 Å². The van der Waals surface area contributed by atoms with Crippen molar-refractivity contribution in [2.24, 2.45) is 0 Å². The highest BCUT2D eigenvalue weighted by molar-refractivity contribution is 14.1. The molecule has 0 bridgehead atoms. The summed E-state index contributed by atoms with van der Waals surface area (Å²) in [6, 6.07) is 35.7. The zero-order valence-electron chi connectivity index (χ0n) is 30.1. The molecule has 0 unspecified atom stereocenters. The van der Waals surface area contributed by atoms with E-state index in [9.17, 15) is 0 Å². The van der Waals surface area contributed by atoms with Crippen molar-refractivity contribution < 1.29 is 0 Å². The lowest BCUT2D eigenvalue weighted by molar-refractivity contribution is 0.982. The molecule has 0 saturated carbocycles. The average Bonchev–Trinajstić information content (AvgIpc) is 3.27. The van der Waals surface area contributed by atoms with Gasteiger partial charge in [0.15, 0.2) is 17.5 Å². The molecule has 0 atom stereocenters. The normalized spacial score (nSPS) is 13.0. The van der Waals surface area contributed by atoms with Gasteiger partial charge in [-0.1, -0.05) is 108 Å². The molecule has 4 aromatic carbocycles. The van der Waals surface area contributed by atoms with E-state index in [4.69, 9.17) is 24.9 Å². The van der Waals surface area contributed by atoms with Crippen LogP contribution in [-0.2, 0) is 12.8 Å². The van der Waals surface area contributed by atoms with Crippen LogP contribution in [0, 0.1) is 0 Å². The zero-order valence-corrected chi connectivity index (χ0v) is 32.3. The number of hydrogen-bond donors (Lipinski definition) is 0. The van der Waals surface area contributed by atoms with Gasteiger partial charge in [0.2, 0.25) is 0 Å². The molecule has 0 N–H and O–H groups in total. The Morgan fingerprint density at radius 1 is 0.607 bits per heavy atom. The van der Waals surface area contributed by atoms with Crippen molar-refractivity contribution in [2.75, 3.05) is 0 Å². The minimum atomic E-state index is 0.616. The molecule has 9 aromatic rings. The lowest BCUT2D eigenvalue weighted by Crippen LogP contribution is -2.03. The molecule has 0 spiro atoms. The van der Waals surface area contributed by atoms with E-state index in [1.807, 2.05) is 53.1 Å². The second-order valence-corrected chi connectivity index (χ2v) is 14.4. The van der Waals surface area contributed by atoms with Crippen LogP contribution in [0.2, 0.25) is 0 Å². The fourth-order valence-corrected chi connectivity index (χ4v) is 8.13. The van der Waals surface area contributed by atoms with Gasteiger partial charge in [-0.2, -0.15) is 0 Å². The van der Waals surface area contributed by atoms with Crippen molar-refractivity contribution >= 4 is 77.9 Å². The van der Waals surface area contributed by atoms with E-state index in [2.05, 4.69) is 136 Å². The first-order chi connectivity index (χ1) is 27.7. The van der Waals surface area contributed by atoms with Crippen molar-refractivity contribution in [1.82, 2.24) is 34.9 Å². The van der Waals surface area contributed by atoms with E-state index >= 15 is 0 Å². The van der Waals surface area contributed by atoms with Crippen molar-refractivity contribution in [3.63, 3.8) is 0 Å². The molecule has 5 heterocycles. The minimum absolute atomic E-state index is 0.616. The second kappa shape index (κ2) is 14.6. The maximum Gasteiger partial charge on any atom is 0.164 e. The van der Waals surface area contributed by atoms with Crippen LogP contribution in [-0.4, -0.2) is 34.9 Å². The topological polar surface area (TPSA) is 90.2 Å². The molecule has 10 rings (SSSR count). The summed E-state index contributed by atoms with van der Waals surface area (Å²) in [5.41, 5.74) is 12.3. The van der Waals surface area contributed by atoms with Crippen molar-refractivity contribution in [1.29, 1.82) is 0 Å². The number of benzene rings is 4. The van der Waals surface area contributed by atoms with Gasteiger partial charge in [-0.3, -0.25) is 19.9 Å². The van der Waals surface area contributed by atoms with Crippen molar-refractivity contribution in [3.05, 3.63) is 173 Å². The van der Waals surface area contributed by atoms with E-state index in [1.54, 1.807) is 0 Å². The van der Waals surface area contributed by atoms with E-state index in [0.29, 0.717) is 23.9 Å². The van der Waals surface area contributed by atoms with Crippen LogP contribution in [0.5, 0.6) is 0 Å². The molecule has 1 aliphatic carbocycles. The van der Waals surface area contributed by atoms with Crippen LogP contribution in [0.25, 0.3) is 89.2 Å². The summed E-state index contributed by atoms with van der Waals surface area (Å²) in [5.74, 6) is 1.88. The van der Waals surface area contributed by atoms with Gasteiger partial charge >= 0.3 is 0 Å². The molecule has 56 heavy (non-hydrogen) atoms. The van der Waals surface area contributed by atoms with E-state index < -0.39 is 0 Å². The largest absolute Gasteiger partial charge is 0.254 e. The highest BCUT2D eigenvalue weighted by atomic mass is 127. The molecule has 0 radical (unpaired) electrons. The van der Waals surface area contributed by atoms with Crippen molar-refractivity contribution in [3.8, 4) is 33.9 Å². The van der Waals surface area contributed by atoms with Crippen molar-refractivity contribution in [2.45, 2.75) is 19.3 Å². The molecule has 0 saturated heterocycles. The number of fused-ring (bicyclic) bond motifs is 7. The molecule has 1 aliphatic rings. The molecule has 0 aliphatic heterocycles. The minimum Gasteiger partial charge on any atom is -0.254 e.